The number of nitrogens with one attached hydrogen (secondary N) is 1. The van der Waals surface area contributed by atoms with E-state index >= 15 is 0 Å². The van der Waals surface area contributed by atoms with Crippen molar-refractivity contribution in [2.75, 3.05) is 33.8 Å². The third kappa shape index (κ3) is 2.78. The highest BCUT2D eigenvalue weighted by molar-refractivity contribution is 5.68. The number of ether oxygens (including phenoxy) is 4. The number of anilines is 1. The molecule has 0 spiro atoms. The van der Waals surface area contributed by atoms with Crippen LogP contribution in [0.5, 0.6) is 23.0 Å². The summed E-state index contributed by atoms with van der Waals surface area (Å²) in [6.45, 7) is 0. The minimum absolute atomic E-state index is 0.113. The van der Waals surface area contributed by atoms with E-state index in [4.69, 9.17) is 18.9 Å². The molecule has 1 N–H and O–H groups in total. The topological polar surface area (TPSA) is 49.0 Å². The summed E-state index contributed by atoms with van der Waals surface area (Å²) in [5.74, 6) is 3.60. The van der Waals surface area contributed by atoms with Crippen LogP contribution in [-0.2, 0) is 0 Å². The number of fused-ring (bicyclic) bond motifs is 3. The number of rotatable bonds is 5. The van der Waals surface area contributed by atoms with E-state index < -0.39 is 0 Å². The summed E-state index contributed by atoms with van der Waals surface area (Å²) >= 11 is 0. The first-order valence-electron chi connectivity index (χ1n) is 9.11. The second-order valence-corrected chi connectivity index (χ2v) is 6.86. The summed E-state index contributed by atoms with van der Waals surface area (Å²) in [5.41, 5.74) is 3.46. The van der Waals surface area contributed by atoms with Gasteiger partial charge in [0.2, 0.25) is 5.75 Å². The first-order chi connectivity index (χ1) is 13.2. The van der Waals surface area contributed by atoms with E-state index in [9.17, 15) is 0 Å². The second-order valence-electron chi connectivity index (χ2n) is 6.86. The number of benzene rings is 2. The fourth-order valence-corrected chi connectivity index (χ4v) is 4.37. The molecule has 0 saturated carbocycles. The lowest BCUT2D eigenvalue weighted by atomic mass is 9.77. The van der Waals surface area contributed by atoms with Gasteiger partial charge in [-0.25, -0.2) is 0 Å². The van der Waals surface area contributed by atoms with Gasteiger partial charge in [0, 0.05) is 5.92 Å². The van der Waals surface area contributed by atoms with Crippen molar-refractivity contribution in [1.82, 2.24) is 0 Å². The highest BCUT2D eigenvalue weighted by Crippen LogP contribution is 2.53. The SMILES string of the molecule is COc1cccc2c1NC(c1cc(OC)c(OC)c(OC)c1)C1CC=CC21. The van der Waals surface area contributed by atoms with Gasteiger partial charge in [0.1, 0.15) is 5.75 Å². The molecule has 0 radical (unpaired) electrons. The summed E-state index contributed by atoms with van der Waals surface area (Å²) in [6.07, 6.45) is 5.61. The summed E-state index contributed by atoms with van der Waals surface area (Å²) in [7, 11) is 6.63. The molecule has 1 aliphatic heterocycles. The molecular formula is C22H25NO4. The molecule has 0 fully saturated rings. The molecule has 0 saturated heterocycles. The third-order valence-electron chi connectivity index (χ3n) is 5.62. The number of hydrogen-bond donors (Lipinski definition) is 1. The molecule has 0 bridgehead atoms. The molecule has 1 heterocycles. The zero-order chi connectivity index (χ0) is 19.0. The average Bonchev–Trinajstić information content (AvgIpc) is 3.21. The Bertz CT molecular complexity index is 852. The van der Waals surface area contributed by atoms with Gasteiger partial charge in [0.15, 0.2) is 11.5 Å². The van der Waals surface area contributed by atoms with Gasteiger partial charge < -0.3 is 24.3 Å². The molecule has 0 amide bonds. The molecule has 1 aliphatic carbocycles. The van der Waals surface area contributed by atoms with E-state index in [1.807, 2.05) is 18.2 Å². The van der Waals surface area contributed by atoms with Crippen LogP contribution < -0.4 is 24.3 Å². The summed E-state index contributed by atoms with van der Waals surface area (Å²) in [6, 6.07) is 10.4. The van der Waals surface area contributed by atoms with Crippen molar-refractivity contribution < 1.29 is 18.9 Å². The Morgan fingerprint density at radius 3 is 2.22 bits per heavy atom. The van der Waals surface area contributed by atoms with Gasteiger partial charge in [-0.15, -0.1) is 0 Å². The van der Waals surface area contributed by atoms with Crippen LogP contribution in [0.4, 0.5) is 5.69 Å². The van der Waals surface area contributed by atoms with E-state index in [0.717, 1.165) is 23.4 Å². The molecule has 2 aromatic carbocycles. The van der Waals surface area contributed by atoms with Crippen molar-refractivity contribution in [2.45, 2.75) is 18.4 Å². The van der Waals surface area contributed by atoms with Crippen molar-refractivity contribution in [1.29, 1.82) is 0 Å². The normalized spacial score (nSPS) is 22.4. The van der Waals surface area contributed by atoms with Crippen molar-refractivity contribution >= 4 is 5.69 Å². The zero-order valence-electron chi connectivity index (χ0n) is 16.1. The summed E-state index contributed by atoms with van der Waals surface area (Å²) in [5, 5.41) is 3.73. The lowest BCUT2D eigenvalue weighted by molar-refractivity contribution is 0.322. The predicted octanol–water partition coefficient (Wildman–Crippen LogP) is 4.55. The van der Waals surface area contributed by atoms with E-state index in [1.165, 1.54) is 5.56 Å². The number of methoxy groups -OCH3 is 4. The Morgan fingerprint density at radius 2 is 1.59 bits per heavy atom. The minimum atomic E-state index is 0.113. The second kappa shape index (κ2) is 7.06. The van der Waals surface area contributed by atoms with Crippen LogP contribution in [0.25, 0.3) is 0 Å². The Balaban J connectivity index is 1.83. The maximum absolute atomic E-state index is 5.62. The van der Waals surface area contributed by atoms with Crippen molar-refractivity contribution in [3.05, 3.63) is 53.6 Å². The van der Waals surface area contributed by atoms with Gasteiger partial charge >= 0.3 is 0 Å². The maximum atomic E-state index is 5.62. The molecule has 3 atom stereocenters. The molecule has 2 aromatic rings. The Kier molecular flexibility index (Phi) is 4.60. The van der Waals surface area contributed by atoms with Crippen molar-refractivity contribution in [3.63, 3.8) is 0 Å². The Morgan fingerprint density at radius 1 is 0.889 bits per heavy atom. The van der Waals surface area contributed by atoms with Crippen LogP contribution in [0.3, 0.4) is 0 Å². The summed E-state index contributed by atoms with van der Waals surface area (Å²) < 4.78 is 22.2. The standard InChI is InChI=1S/C22H25NO4/c1-24-17-10-6-9-16-14-7-5-8-15(14)20(23-21(16)17)13-11-18(25-2)22(27-4)19(12-13)26-3/h5-7,9-12,14-15,20,23H,8H2,1-4H3. The monoisotopic (exact) mass is 367 g/mol. The molecule has 2 aliphatic rings. The minimum Gasteiger partial charge on any atom is -0.495 e. The van der Waals surface area contributed by atoms with Crippen LogP contribution in [0, 0.1) is 5.92 Å². The first kappa shape index (κ1) is 17.6. The van der Waals surface area contributed by atoms with Gasteiger partial charge in [-0.2, -0.15) is 0 Å². The quantitative estimate of drug-likeness (QED) is 0.786. The fraction of sp³-hybridized carbons (Fsp3) is 0.364. The van der Waals surface area contributed by atoms with Crippen LogP contribution in [-0.4, -0.2) is 28.4 Å². The third-order valence-corrected chi connectivity index (χ3v) is 5.62. The van der Waals surface area contributed by atoms with Crippen LogP contribution in [0.1, 0.15) is 29.5 Å². The van der Waals surface area contributed by atoms with Gasteiger partial charge in [-0.1, -0.05) is 24.3 Å². The van der Waals surface area contributed by atoms with E-state index in [-0.39, 0.29) is 6.04 Å². The first-order valence-corrected chi connectivity index (χ1v) is 9.11. The van der Waals surface area contributed by atoms with Gasteiger partial charge in [0.05, 0.1) is 40.2 Å². The molecule has 5 nitrogen and oxygen atoms in total. The molecule has 0 aromatic heterocycles. The Labute approximate surface area is 159 Å². The van der Waals surface area contributed by atoms with Gasteiger partial charge in [-0.3, -0.25) is 0 Å². The van der Waals surface area contributed by atoms with Crippen LogP contribution in [0.2, 0.25) is 0 Å². The number of allylic oxidation sites excluding steroid dienone is 2. The molecule has 142 valence electrons. The highest BCUT2D eigenvalue weighted by atomic mass is 16.5. The van der Waals surface area contributed by atoms with E-state index in [2.05, 4.69) is 29.6 Å². The van der Waals surface area contributed by atoms with Crippen molar-refractivity contribution in [3.8, 4) is 23.0 Å². The highest BCUT2D eigenvalue weighted by Gasteiger charge is 2.39. The maximum Gasteiger partial charge on any atom is 0.203 e. The molecule has 5 heteroatoms. The number of hydrogen-bond acceptors (Lipinski definition) is 5. The smallest absolute Gasteiger partial charge is 0.203 e. The molecule has 4 rings (SSSR count). The van der Waals surface area contributed by atoms with Gasteiger partial charge in [0.25, 0.3) is 0 Å². The fourth-order valence-electron chi connectivity index (χ4n) is 4.37. The van der Waals surface area contributed by atoms with Crippen molar-refractivity contribution in [2.24, 2.45) is 5.92 Å². The largest absolute Gasteiger partial charge is 0.495 e. The lowest BCUT2D eigenvalue weighted by Crippen LogP contribution is -2.29. The van der Waals surface area contributed by atoms with Crippen LogP contribution in [0.15, 0.2) is 42.5 Å². The van der Waals surface area contributed by atoms with Crippen LogP contribution >= 0.6 is 0 Å². The number of para-hydroxylation sites is 1. The lowest BCUT2D eigenvalue weighted by Gasteiger charge is -2.38. The summed E-state index contributed by atoms with van der Waals surface area (Å²) in [4.78, 5) is 0. The van der Waals surface area contributed by atoms with Gasteiger partial charge in [-0.05, 0) is 41.7 Å². The Hall–Kier alpha value is -2.82. The zero-order valence-corrected chi connectivity index (χ0v) is 16.1. The molecule has 27 heavy (non-hydrogen) atoms. The molecule has 3 unspecified atom stereocenters. The van der Waals surface area contributed by atoms with E-state index in [0.29, 0.717) is 29.1 Å². The average molecular weight is 367 g/mol. The predicted molar refractivity (Wildman–Crippen MR) is 105 cm³/mol. The molecular weight excluding hydrogens is 342 g/mol. The van der Waals surface area contributed by atoms with E-state index in [1.54, 1.807) is 28.4 Å².